The van der Waals surface area contributed by atoms with Crippen LogP contribution in [-0.2, 0) is 4.79 Å². The number of nitrogens with one attached hydrogen (secondary N) is 1. The van der Waals surface area contributed by atoms with Gasteiger partial charge in [0, 0.05) is 12.6 Å². The van der Waals surface area contributed by atoms with Crippen molar-refractivity contribution in [2.75, 3.05) is 6.54 Å². The molecule has 0 heterocycles. The van der Waals surface area contributed by atoms with Crippen LogP contribution in [0.1, 0.15) is 41.5 Å². The molecule has 5 heteroatoms. The van der Waals surface area contributed by atoms with E-state index in [0.717, 1.165) is 0 Å². The van der Waals surface area contributed by atoms with Gasteiger partial charge in [0.25, 0.3) is 0 Å². The summed E-state index contributed by atoms with van der Waals surface area (Å²) in [5, 5.41) is 11.9. The highest BCUT2D eigenvalue weighted by molar-refractivity contribution is 5.85. The Kier molecular flexibility index (Phi) is 5.45. The molecule has 5 nitrogen and oxygen atoms in total. The molecule has 0 aliphatic carbocycles. The average Bonchev–Trinajstić information content (AvgIpc) is 2.17. The quantitative estimate of drug-likeness (QED) is 0.776. The molecule has 100 valence electrons. The zero-order valence-corrected chi connectivity index (χ0v) is 11.6. The maximum Gasteiger partial charge on any atom is 0.329 e. The smallest absolute Gasteiger partial charge is 0.329 e. The Morgan fingerprint density at radius 3 is 2.06 bits per heavy atom. The van der Waals surface area contributed by atoms with E-state index in [9.17, 15) is 9.59 Å². The molecule has 2 amide bonds. The fourth-order valence-corrected chi connectivity index (χ4v) is 1.35. The second-order valence-electron chi connectivity index (χ2n) is 5.09. The first kappa shape index (κ1) is 15.7. The average molecular weight is 244 g/mol. The number of nitrogens with zero attached hydrogens (tertiary/aromatic N) is 1. The fourth-order valence-electron chi connectivity index (χ4n) is 1.35. The van der Waals surface area contributed by atoms with E-state index in [0.29, 0.717) is 12.5 Å². The van der Waals surface area contributed by atoms with Gasteiger partial charge in [-0.15, -0.1) is 0 Å². The predicted octanol–water partition coefficient (Wildman–Crippen LogP) is 1.93. The van der Waals surface area contributed by atoms with Crippen LogP contribution in [0.3, 0.4) is 0 Å². The van der Waals surface area contributed by atoms with E-state index in [-0.39, 0.29) is 12.1 Å². The summed E-state index contributed by atoms with van der Waals surface area (Å²) in [6.07, 6.45) is 0. The minimum absolute atomic E-state index is 0.0149. The molecular formula is C12H24N2O3. The zero-order valence-electron chi connectivity index (χ0n) is 11.6. The van der Waals surface area contributed by atoms with Gasteiger partial charge in [0.1, 0.15) is 5.54 Å². The number of carbonyl (C=O) groups is 2. The van der Waals surface area contributed by atoms with Crippen LogP contribution in [0, 0.1) is 5.92 Å². The Labute approximate surface area is 103 Å². The maximum absolute atomic E-state index is 12.0. The molecule has 0 aromatic heterocycles. The third-order valence-electron chi connectivity index (χ3n) is 3.11. The number of hydrogen-bond acceptors (Lipinski definition) is 2. The number of carbonyl (C=O) groups excluding carboxylic acids is 1. The van der Waals surface area contributed by atoms with Crippen LogP contribution < -0.4 is 5.32 Å². The lowest BCUT2D eigenvalue weighted by atomic mass is 10.0. The summed E-state index contributed by atoms with van der Waals surface area (Å²) < 4.78 is 0. The molecule has 0 aromatic rings. The third kappa shape index (κ3) is 3.91. The van der Waals surface area contributed by atoms with Crippen LogP contribution in [0.4, 0.5) is 4.79 Å². The lowest BCUT2D eigenvalue weighted by molar-refractivity contribution is -0.147. The molecular weight excluding hydrogens is 220 g/mol. The summed E-state index contributed by atoms with van der Waals surface area (Å²) in [5.74, 6) is -0.697. The van der Waals surface area contributed by atoms with Crippen LogP contribution in [0.2, 0.25) is 0 Å². The van der Waals surface area contributed by atoms with Crippen LogP contribution in [0.25, 0.3) is 0 Å². The van der Waals surface area contributed by atoms with Crippen molar-refractivity contribution in [2.24, 2.45) is 5.92 Å². The molecule has 0 rings (SSSR count). The van der Waals surface area contributed by atoms with Crippen LogP contribution in [0.5, 0.6) is 0 Å². The standard InChI is InChI=1S/C12H24N2O3/c1-7-14(12(5,6)10(15)16)11(17)13-9(4)8(2)3/h8-9H,7H2,1-6H3,(H,13,17)(H,15,16). The van der Waals surface area contributed by atoms with Crippen molar-refractivity contribution in [2.45, 2.75) is 53.1 Å². The van der Waals surface area contributed by atoms with Gasteiger partial charge in [-0.25, -0.2) is 9.59 Å². The summed E-state index contributed by atoms with van der Waals surface area (Å²) >= 11 is 0. The molecule has 0 saturated heterocycles. The largest absolute Gasteiger partial charge is 0.480 e. The topological polar surface area (TPSA) is 69.6 Å². The van der Waals surface area contributed by atoms with Gasteiger partial charge in [0.2, 0.25) is 0 Å². The van der Waals surface area contributed by atoms with Gasteiger partial charge in [-0.1, -0.05) is 13.8 Å². The number of likely N-dealkylation sites (N-methyl/N-ethyl adjacent to an activating group) is 1. The molecule has 0 fully saturated rings. The van der Waals surface area contributed by atoms with E-state index in [1.54, 1.807) is 6.92 Å². The van der Waals surface area contributed by atoms with Crippen LogP contribution in [0.15, 0.2) is 0 Å². The van der Waals surface area contributed by atoms with Gasteiger partial charge >= 0.3 is 12.0 Å². The van der Waals surface area contributed by atoms with Crippen molar-refractivity contribution >= 4 is 12.0 Å². The number of rotatable bonds is 5. The molecule has 1 unspecified atom stereocenters. The van der Waals surface area contributed by atoms with Gasteiger partial charge in [0.15, 0.2) is 0 Å². The number of amides is 2. The predicted molar refractivity (Wildman–Crippen MR) is 66.9 cm³/mol. The number of urea groups is 1. The summed E-state index contributed by atoms with van der Waals surface area (Å²) in [6.45, 7) is 11.1. The van der Waals surface area contributed by atoms with Crippen molar-refractivity contribution in [1.82, 2.24) is 10.2 Å². The van der Waals surface area contributed by atoms with E-state index in [2.05, 4.69) is 5.32 Å². The number of aliphatic carboxylic acids is 1. The van der Waals surface area contributed by atoms with E-state index < -0.39 is 11.5 Å². The number of carboxylic acids is 1. The van der Waals surface area contributed by atoms with E-state index in [4.69, 9.17) is 5.11 Å². The van der Waals surface area contributed by atoms with Crippen molar-refractivity contribution in [3.05, 3.63) is 0 Å². The summed E-state index contributed by atoms with van der Waals surface area (Å²) in [7, 11) is 0. The van der Waals surface area contributed by atoms with Crippen molar-refractivity contribution in [3.63, 3.8) is 0 Å². The van der Waals surface area contributed by atoms with E-state index >= 15 is 0 Å². The van der Waals surface area contributed by atoms with Crippen molar-refractivity contribution < 1.29 is 14.7 Å². The summed E-state index contributed by atoms with van der Waals surface area (Å²) in [6, 6.07) is -0.317. The van der Waals surface area contributed by atoms with Gasteiger partial charge in [0.05, 0.1) is 0 Å². The van der Waals surface area contributed by atoms with Gasteiger partial charge in [-0.2, -0.15) is 0 Å². The Morgan fingerprint density at radius 2 is 1.76 bits per heavy atom. The Balaban J connectivity index is 4.79. The maximum atomic E-state index is 12.0. The van der Waals surface area contributed by atoms with E-state index in [1.807, 2.05) is 20.8 Å². The fraction of sp³-hybridized carbons (Fsp3) is 0.833. The summed E-state index contributed by atoms with van der Waals surface area (Å²) in [5.41, 5.74) is -1.20. The molecule has 0 aliphatic heterocycles. The Morgan fingerprint density at radius 1 is 1.29 bits per heavy atom. The highest BCUT2D eigenvalue weighted by Gasteiger charge is 2.37. The first-order valence-electron chi connectivity index (χ1n) is 5.96. The monoisotopic (exact) mass is 244 g/mol. The Hall–Kier alpha value is -1.26. The molecule has 1 atom stereocenters. The van der Waals surface area contributed by atoms with E-state index in [1.165, 1.54) is 18.7 Å². The van der Waals surface area contributed by atoms with Crippen LogP contribution in [-0.4, -0.2) is 40.1 Å². The lowest BCUT2D eigenvalue weighted by Gasteiger charge is -2.35. The molecule has 17 heavy (non-hydrogen) atoms. The highest BCUT2D eigenvalue weighted by atomic mass is 16.4. The highest BCUT2D eigenvalue weighted by Crippen LogP contribution is 2.15. The minimum Gasteiger partial charge on any atom is -0.480 e. The second kappa shape index (κ2) is 5.89. The molecule has 0 aliphatic rings. The molecule has 0 radical (unpaired) electrons. The normalized spacial score (nSPS) is 13.4. The summed E-state index contributed by atoms with van der Waals surface area (Å²) in [4.78, 5) is 24.4. The van der Waals surface area contributed by atoms with Gasteiger partial charge < -0.3 is 15.3 Å². The number of hydrogen-bond donors (Lipinski definition) is 2. The first-order valence-corrected chi connectivity index (χ1v) is 5.96. The minimum atomic E-state index is -1.20. The van der Waals surface area contributed by atoms with Crippen molar-refractivity contribution in [1.29, 1.82) is 0 Å². The Bertz CT molecular complexity index is 287. The van der Waals surface area contributed by atoms with Crippen LogP contribution >= 0.6 is 0 Å². The molecule has 0 aromatic carbocycles. The molecule has 0 bridgehead atoms. The van der Waals surface area contributed by atoms with Gasteiger partial charge in [-0.05, 0) is 33.6 Å². The van der Waals surface area contributed by atoms with Gasteiger partial charge in [-0.3, -0.25) is 0 Å². The lowest BCUT2D eigenvalue weighted by Crippen LogP contribution is -2.57. The zero-order chi connectivity index (χ0) is 13.8. The SMILES string of the molecule is CCN(C(=O)NC(C)C(C)C)C(C)(C)C(=O)O. The third-order valence-corrected chi connectivity index (χ3v) is 3.11. The van der Waals surface area contributed by atoms with Crippen molar-refractivity contribution in [3.8, 4) is 0 Å². The first-order chi connectivity index (χ1) is 7.64. The number of carboxylic acid groups (broad SMARTS) is 1. The molecule has 2 N–H and O–H groups in total. The molecule has 0 saturated carbocycles. The molecule has 0 spiro atoms. The second-order valence-corrected chi connectivity index (χ2v) is 5.09.